The van der Waals surface area contributed by atoms with Crippen molar-refractivity contribution < 1.29 is 8.42 Å². The molecule has 1 fully saturated rings. The fourth-order valence-corrected chi connectivity index (χ4v) is 4.64. The van der Waals surface area contributed by atoms with Gasteiger partial charge in [0.25, 0.3) is 0 Å². The molecule has 1 aromatic rings. The van der Waals surface area contributed by atoms with Crippen LogP contribution in [0.3, 0.4) is 0 Å². The zero-order valence-electron chi connectivity index (χ0n) is 11.7. The minimum absolute atomic E-state index is 0.177. The average Bonchev–Trinajstić information content (AvgIpc) is 2.75. The topological polar surface area (TPSA) is 59.1 Å². The molecule has 0 spiro atoms. The van der Waals surface area contributed by atoms with Crippen LogP contribution in [0.25, 0.3) is 0 Å². The summed E-state index contributed by atoms with van der Waals surface area (Å²) in [7, 11) is -2.91. The first kappa shape index (κ1) is 14.9. The summed E-state index contributed by atoms with van der Waals surface area (Å²) in [6, 6.07) is 0.481. The average molecular weight is 302 g/mol. The van der Waals surface area contributed by atoms with Gasteiger partial charge in [0, 0.05) is 23.4 Å². The Morgan fingerprint density at radius 2 is 2.21 bits per heavy atom. The molecule has 1 aromatic heterocycles. The van der Waals surface area contributed by atoms with Crippen molar-refractivity contribution in [1.82, 2.24) is 10.3 Å². The van der Waals surface area contributed by atoms with Gasteiger partial charge >= 0.3 is 0 Å². The second kappa shape index (κ2) is 5.89. The van der Waals surface area contributed by atoms with Gasteiger partial charge in [-0.1, -0.05) is 6.42 Å². The Hall–Kier alpha value is -0.460. The number of sulfone groups is 1. The predicted molar refractivity (Wildman–Crippen MR) is 79.3 cm³/mol. The summed E-state index contributed by atoms with van der Waals surface area (Å²) in [5.41, 5.74) is 0. The van der Waals surface area contributed by atoms with Crippen LogP contribution in [0.1, 0.15) is 48.5 Å². The smallest absolute Gasteiger partial charge is 0.150 e. The van der Waals surface area contributed by atoms with E-state index < -0.39 is 9.84 Å². The van der Waals surface area contributed by atoms with Crippen molar-refractivity contribution >= 4 is 21.2 Å². The van der Waals surface area contributed by atoms with Gasteiger partial charge in [0.2, 0.25) is 0 Å². The number of hydrogen-bond donors (Lipinski definition) is 1. The highest BCUT2D eigenvalue weighted by Gasteiger charge is 2.29. The quantitative estimate of drug-likeness (QED) is 0.928. The third-order valence-electron chi connectivity index (χ3n) is 3.73. The Bertz CT molecular complexity index is 525. The Balaban J connectivity index is 1.95. The second-order valence-electron chi connectivity index (χ2n) is 5.51. The lowest BCUT2D eigenvalue weighted by Gasteiger charge is -2.30. The normalized spacial score (nSPS) is 26.3. The predicted octanol–water partition coefficient (Wildman–Crippen LogP) is 2.46. The van der Waals surface area contributed by atoms with Gasteiger partial charge in [0.1, 0.15) is 14.8 Å². The molecule has 0 bridgehead atoms. The highest BCUT2D eigenvalue weighted by Crippen LogP contribution is 2.27. The lowest BCUT2D eigenvalue weighted by molar-refractivity contribution is 0.346. The molecule has 3 unspecified atom stereocenters. The molecule has 3 atom stereocenters. The molecule has 0 radical (unpaired) electrons. The van der Waals surface area contributed by atoms with Gasteiger partial charge in [0.15, 0.2) is 0 Å². The lowest BCUT2D eigenvalue weighted by Crippen LogP contribution is -2.39. The number of nitrogens with one attached hydrogen (secondary N) is 1. The number of rotatable bonds is 4. The van der Waals surface area contributed by atoms with Gasteiger partial charge in [-0.25, -0.2) is 13.4 Å². The number of thiazole rings is 1. The van der Waals surface area contributed by atoms with E-state index >= 15 is 0 Å². The first-order chi connectivity index (χ1) is 8.86. The van der Waals surface area contributed by atoms with Gasteiger partial charge in [-0.05, 0) is 33.1 Å². The van der Waals surface area contributed by atoms with E-state index in [9.17, 15) is 8.42 Å². The summed E-state index contributed by atoms with van der Waals surface area (Å²) in [4.78, 5) is 5.60. The summed E-state index contributed by atoms with van der Waals surface area (Å²) in [5.74, 6) is 0. The Morgan fingerprint density at radius 1 is 1.47 bits per heavy atom. The molecule has 0 aliphatic heterocycles. The largest absolute Gasteiger partial charge is 0.305 e. The molecular formula is C13H22N2O2S2. The Kier molecular flexibility index (Phi) is 4.63. The highest BCUT2D eigenvalue weighted by molar-refractivity contribution is 7.91. The molecule has 4 nitrogen and oxygen atoms in total. The minimum Gasteiger partial charge on any atom is -0.305 e. The van der Waals surface area contributed by atoms with Crippen molar-refractivity contribution in [2.75, 3.05) is 6.26 Å². The fraction of sp³-hybridized carbons (Fsp3) is 0.769. The summed E-state index contributed by atoms with van der Waals surface area (Å²) in [6.07, 6.45) is 6.82. The van der Waals surface area contributed by atoms with E-state index in [0.717, 1.165) is 30.7 Å². The van der Waals surface area contributed by atoms with Gasteiger partial charge in [-0.15, -0.1) is 11.3 Å². The van der Waals surface area contributed by atoms with Crippen molar-refractivity contribution in [3.8, 4) is 0 Å². The van der Waals surface area contributed by atoms with Crippen molar-refractivity contribution in [1.29, 1.82) is 0 Å². The zero-order valence-corrected chi connectivity index (χ0v) is 13.4. The molecule has 1 saturated carbocycles. The van der Waals surface area contributed by atoms with E-state index in [4.69, 9.17) is 0 Å². The molecule has 19 heavy (non-hydrogen) atoms. The Labute approximate surface area is 119 Å². The first-order valence-electron chi connectivity index (χ1n) is 6.73. The monoisotopic (exact) mass is 302 g/mol. The molecular weight excluding hydrogens is 280 g/mol. The summed E-state index contributed by atoms with van der Waals surface area (Å²) in [5, 5.41) is 4.44. The maximum atomic E-state index is 11.7. The van der Waals surface area contributed by atoms with E-state index in [0.29, 0.717) is 0 Å². The van der Waals surface area contributed by atoms with Crippen molar-refractivity contribution in [2.24, 2.45) is 0 Å². The van der Waals surface area contributed by atoms with Gasteiger partial charge < -0.3 is 5.32 Å². The maximum Gasteiger partial charge on any atom is 0.150 e. The van der Waals surface area contributed by atoms with Crippen molar-refractivity contribution in [3.05, 3.63) is 16.1 Å². The molecule has 1 aliphatic carbocycles. The molecule has 1 aliphatic rings. The maximum absolute atomic E-state index is 11.7. The molecule has 108 valence electrons. The van der Waals surface area contributed by atoms with Crippen LogP contribution in [-0.4, -0.2) is 30.9 Å². The van der Waals surface area contributed by atoms with Gasteiger partial charge in [0.05, 0.1) is 11.3 Å². The Morgan fingerprint density at radius 3 is 2.79 bits per heavy atom. The summed E-state index contributed by atoms with van der Waals surface area (Å²) >= 11 is 1.70. The van der Waals surface area contributed by atoms with E-state index in [-0.39, 0.29) is 17.3 Å². The van der Waals surface area contributed by atoms with E-state index in [2.05, 4.69) is 17.2 Å². The van der Waals surface area contributed by atoms with Crippen LogP contribution in [0, 0.1) is 6.92 Å². The lowest BCUT2D eigenvalue weighted by atomic mass is 9.94. The summed E-state index contributed by atoms with van der Waals surface area (Å²) < 4.78 is 23.3. The van der Waals surface area contributed by atoms with Crippen LogP contribution in [0.15, 0.2) is 6.20 Å². The molecule has 1 N–H and O–H groups in total. The van der Waals surface area contributed by atoms with Crippen LogP contribution in [0.5, 0.6) is 0 Å². The van der Waals surface area contributed by atoms with Crippen LogP contribution >= 0.6 is 11.3 Å². The van der Waals surface area contributed by atoms with Gasteiger partial charge in [-0.3, -0.25) is 0 Å². The van der Waals surface area contributed by atoms with E-state index in [1.54, 1.807) is 11.3 Å². The van der Waals surface area contributed by atoms with Crippen LogP contribution in [0.4, 0.5) is 0 Å². The third-order valence-corrected chi connectivity index (χ3v) is 6.46. The molecule has 1 heterocycles. The number of nitrogens with zero attached hydrogens (tertiary/aromatic N) is 1. The molecule has 2 rings (SSSR count). The zero-order chi connectivity index (χ0) is 14.0. The van der Waals surface area contributed by atoms with Crippen LogP contribution in [-0.2, 0) is 9.84 Å². The second-order valence-corrected chi connectivity index (χ2v) is 9.10. The van der Waals surface area contributed by atoms with Gasteiger partial charge in [-0.2, -0.15) is 0 Å². The van der Waals surface area contributed by atoms with Crippen LogP contribution < -0.4 is 5.32 Å². The number of hydrogen-bond acceptors (Lipinski definition) is 5. The number of aromatic nitrogens is 1. The SMILES string of the molecule is Cc1cnc(C(C)NC2CCCC(S(C)(=O)=O)C2)s1. The fourth-order valence-electron chi connectivity index (χ4n) is 2.68. The molecule has 6 heteroatoms. The third kappa shape index (κ3) is 4.00. The van der Waals surface area contributed by atoms with E-state index in [1.807, 2.05) is 13.1 Å². The van der Waals surface area contributed by atoms with Crippen molar-refractivity contribution in [3.63, 3.8) is 0 Å². The van der Waals surface area contributed by atoms with Crippen molar-refractivity contribution in [2.45, 2.75) is 56.9 Å². The minimum atomic E-state index is -2.91. The van der Waals surface area contributed by atoms with E-state index in [1.165, 1.54) is 11.1 Å². The number of aryl methyl sites for hydroxylation is 1. The molecule has 0 aromatic carbocycles. The first-order valence-corrected chi connectivity index (χ1v) is 9.50. The van der Waals surface area contributed by atoms with Crippen LogP contribution in [0.2, 0.25) is 0 Å². The standard InChI is InChI=1S/C13H22N2O2S2/c1-9-8-14-13(18-9)10(2)15-11-5-4-6-12(7-11)19(3,16)17/h8,10-12,15H,4-7H2,1-3H3. The molecule has 0 amide bonds. The molecule has 0 saturated heterocycles. The summed E-state index contributed by atoms with van der Waals surface area (Å²) in [6.45, 7) is 4.15. The highest BCUT2D eigenvalue weighted by atomic mass is 32.2.